The highest BCUT2D eigenvalue weighted by atomic mass is 127. The summed E-state index contributed by atoms with van der Waals surface area (Å²) in [6.45, 7) is 1.66. The van der Waals surface area contributed by atoms with Gasteiger partial charge in [0.2, 0.25) is 0 Å². The van der Waals surface area contributed by atoms with Crippen LogP contribution in [-0.2, 0) is 0 Å². The number of nitro benzene ring substituents is 1. The summed E-state index contributed by atoms with van der Waals surface area (Å²) in [5, 5.41) is 25.7. The number of carbonyl (C=O) groups is 1. The van der Waals surface area contributed by atoms with Crippen LogP contribution in [0.5, 0.6) is 5.75 Å². The zero-order chi connectivity index (χ0) is 21.1. The normalized spacial score (nSPS) is 11.0. The fourth-order valence-electron chi connectivity index (χ4n) is 2.49. The molecule has 0 aliphatic carbocycles. The van der Waals surface area contributed by atoms with Crippen molar-refractivity contribution >= 4 is 46.2 Å². The summed E-state index contributed by atoms with van der Waals surface area (Å²) in [4.78, 5) is 38.5. The van der Waals surface area contributed by atoms with E-state index in [4.69, 9.17) is 0 Å². The Balaban J connectivity index is 1.82. The van der Waals surface area contributed by atoms with Crippen LogP contribution in [0.1, 0.15) is 11.3 Å². The summed E-state index contributed by atoms with van der Waals surface area (Å²) in [6, 6.07) is 9.56. The summed E-state index contributed by atoms with van der Waals surface area (Å²) < 4.78 is 2.35. The van der Waals surface area contributed by atoms with Crippen molar-refractivity contribution in [2.45, 2.75) is 6.92 Å². The van der Waals surface area contributed by atoms with Gasteiger partial charge in [-0.15, -0.1) is 0 Å². The molecule has 1 aromatic heterocycles. The standard InChI is InChI=1S/C18H14IN5O5/c1-10-14(17(26)23(22-10)12-4-2-11(19)3-5-12)9-20-18(27)21-15-8-13(24(28)29)6-7-16(15)25/h2-9,22,25H,1H3,(H,21,27)/b20-9+. The molecule has 0 unspecified atom stereocenters. The number of urea groups is 1. The molecule has 0 aliphatic heterocycles. The Bertz CT molecular complexity index is 1180. The molecule has 29 heavy (non-hydrogen) atoms. The molecular formula is C18H14IN5O5. The summed E-state index contributed by atoms with van der Waals surface area (Å²) in [5.74, 6) is -0.349. The fraction of sp³-hybridized carbons (Fsp3) is 0.0556. The van der Waals surface area contributed by atoms with Crippen LogP contribution in [0.3, 0.4) is 0 Å². The van der Waals surface area contributed by atoms with E-state index < -0.39 is 16.5 Å². The Morgan fingerprint density at radius 2 is 2.00 bits per heavy atom. The number of benzene rings is 2. The molecule has 1 heterocycles. The molecule has 0 aliphatic rings. The van der Waals surface area contributed by atoms with E-state index in [1.165, 1.54) is 4.68 Å². The average Bonchev–Trinajstić information content (AvgIpc) is 2.96. The number of aliphatic imine (C=N–C) groups is 1. The second-order valence-electron chi connectivity index (χ2n) is 5.91. The summed E-state index contributed by atoms with van der Waals surface area (Å²) >= 11 is 2.16. The van der Waals surface area contributed by atoms with Gasteiger partial charge in [-0.1, -0.05) is 0 Å². The Labute approximate surface area is 177 Å². The van der Waals surface area contributed by atoms with E-state index in [0.29, 0.717) is 11.4 Å². The van der Waals surface area contributed by atoms with E-state index >= 15 is 0 Å². The Kier molecular flexibility index (Phi) is 5.77. The first-order chi connectivity index (χ1) is 13.8. The van der Waals surface area contributed by atoms with Crippen molar-refractivity contribution < 1.29 is 14.8 Å². The van der Waals surface area contributed by atoms with Crippen LogP contribution in [0.25, 0.3) is 5.69 Å². The third-order valence-corrected chi connectivity index (χ3v) is 4.66. The van der Waals surface area contributed by atoms with Crippen LogP contribution in [0.4, 0.5) is 16.2 Å². The molecule has 0 saturated carbocycles. The molecule has 2 amide bonds. The highest BCUT2D eigenvalue weighted by Crippen LogP contribution is 2.27. The number of nitrogens with one attached hydrogen (secondary N) is 2. The van der Waals surface area contributed by atoms with Gasteiger partial charge in [0, 0.05) is 27.6 Å². The number of nitro groups is 1. The van der Waals surface area contributed by atoms with Gasteiger partial charge in [-0.05, 0) is 59.8 Å². The van der Waals surface area contributed by atoms with Crippen LogP contribution < -0.4 is 10.9 Å². The molecule has 3 aromatic rings. The van der Waals surface area contributed by atoms with Gasteiger partial charge in [0.25, 0.3) is 11.2 Å². The van der Waals surface area contributed by atoms with Crippen molar-refractivity contribution in [3.8, 4) is 11.4 Å². The van der Waals surface area contributed by atoms with Gasteiger partial charge in [0.05, 0.1) is 21.9 Å². The number of aromatic amines is 1. The van der Waals surface area contributed by atoms with Gasteiger partial charge in [0.15, 0.2) is 0 Å². The first kappa shape index (κ1) is 20.3. The lowest BCUT2D eigenvalue weighted by atomic mass is 10.2. The van der Waals surface area contributed by atoms with Crippen molar-refractivity contribution in [1.82, 2.24) is 9.78 Å². The number of aromatic nitrogens is 2. The summed E-state index contributed by atoms with van der Waals surface area (Å²) in [5.41, 5.74) is 0.459. The van der Waals surface area contributed by atoms with Crippen molar-refractivity contribution in [1.29, 1.82) is 0 Å². The number of hydrogen-bond donors (Lipinski definition) is 3. The molecule has 0 spiro atoms. The van der Waals surface area contributed by atoms with Gasteiger partial charge >= 0.3 is 6.03 Å². The number of halogens is 1. The lowest BCUT2D eigenvalue weighted by Crippen LogP contribution is -2.17. The van der Waals surface area contributed by atoms with Gasteiger partial charge in [-0.3, -0.25) is 20.0 Å². The van der Waals surface area contributed by atoms with Crippen LogP contribution in [0.15, 0.2) is 52.3 Å². The summed E-state index contributed by atoms with van der Waals surface area (Å²) in [6.07, 6.45) is 1.10. The largest absolute Gasteiger partial charge is 0.506 e. The number of anilines is 1. The molecule has 10 nitrogen and oxygen atoms in total. The number of hydrogen-bond acceptors (Lipinski definition) is 5. The summed E-state index contributed by atoms with van der Waals surface area (Å²) in [7, 11) is 0. The Morgan fingerprint density at radius 1 is 1.31 bits per heavy atom. The minimum Gasteiger partial charge on any atom is -0.506 e. The zero-order valence-electron chi connectivity index (χ0n) is 14.9. The number of nitrogens with zero attached hydrogens (tertiary/aromatic N) is 3. The molecule has 0 atom stereocenters. The van der Waals surface area contributed by atoms with Gasteiger partial charge in [-0.25, -0.2) is 14.5 Å². The predicted molar refractivity (Wildman–Crippen MR) is 115 cm³/mol. The first-order valence-corrected chi connectivity index (χ1v) is 9.24. The van der Waals surface area contributed by atoms with Crippen molar-refractivity contribution in [3.63, 3.8) is 0 Å². The second-order valence-corrected chi connectivity index (χ2v) is 7.16. The number of phenols is 1. The number of phenolic OH excluding ortho intramolecular Hbond substituents is 1. The molecule has 148 valence electrons. The molecular weight excluding hydrogens is 493 g/mol. The number of non-ortho nitro benzene ring substituents is 1. The van der Waals surface area contributed by atoms with Crippen LogP contribution in [0.2, 0.25) is 0 Å². The quantitative estimate of drug-likeness (QED) is 0.163. The first-order valence-electron chi connectivity index (χ1n) is 8.16. The Morgan fingerprint density at radius 3 is 2.66 bits per heavy atom. The van der Waals surface area contributed by atoms with E-state index in [1.807, 2.05) is 12.1 Å². The molecule has 3 rings (SSSR count). The van der Waals surface area contributed by atoms with Crippen LogP contribution in [-0.4, -0.2) is 32.1 Å². The number of amides is 2. The van der Waals surface area contributed by atoms with Crippen molar-refractivity contribution in [3.05, 3.63) is 77.8 Å². The molecule has 0 saturated heterocycles. The number of aromatic hydroxyl groups is 1. The highest BCUT2D eigenvalue weighted by molar-refractivity contribution is 14.1. The van der Waals surface area contributed by atoms with Gasteiger partial charge in [-0.2, -0.15) is 0 Å². The molecule has 0 bridgehead atoms. The minimum atomic E-state index is -0.901. The number of carbonyl (C=O) groups excluding carboxylic acids is 1. The third-order valence-electron chi connectivity index (χ3n) is 3.95. The SMILES string of the molecule is Cc1[nH]n(-c2ccc(I)cc2)c(=O)c1/C=N/C(=O)Nc1cc([N+](=O)[O-])ccc1O. The lowest BCUT2D eigenvalue weighted by Gasteiger charge is -2.04. The highest BCUT2D eigenvalue weighted by Gasteiger charge is 2.14. The topological polar surface area (TPSA) is 143 Å². The molecule has 0 fully saturated rings. The molecule has 11 heteroatoms. The average molecular weight is 507 g/mol. The Hall–Kier alpha value is -3.48. The molecule has 0 radical (unpaired) electrons. The van der Waals surface area contributed by atoms with Crippen LogP contribution >= 0.6 is 22.6 Å². The number of H-pyrrole nitrogens is 1. The molecule has 3 N–H and O–H groups in total. The molecule has 2 aromatic carbocycles. The second kappa shape index (κ2) is 8.26. The van der Waals surface area contributed by atoms with E-state index in [2.05, 4.69) is 38.0 Å². The monoisotopic (exact) mass is 507 g/mol. The maximum atomic E-state index is 12.6. The fourth-order valence-corrected chi connectivity index (χ4v) is 2.85. The zero-order valence-corrected chi connectivity index (χ0v) is 17.1. The number of aryl methyl sites for hydroxylation is 1. The maximum Gasteiger partial charge on any atom is 0.345 e. The van der Waals surface area contributed by atoms with Crippen molar-refractivity contribution in [2.24, 2.45) is 4.99 Å². The van der Waals surface area contributed by atoms with E-state index in [1.54, 1.807) is 19.1 Å². The lowest BCUT2D eigenvalue weighted by molar-refractivity contribution is -0.384. The minimum absolute atomic E-state index is 0.163. The predicted octanol–water partition coefficient (Wildman–Crippen LogP) is 3.34. The van der Waals surface area contributed by atoms with Crippen molar-refractivity contribution in [2.75, 3.05) is 5.32 Å². The van der Waals surface area contributed by atoms with Crippen LogP contribution in [0, 0.1) is 20.6 Å². The van der Waals surface area contributed by atoms with Gasteiger partial charge < -0.3 is 10.4 Å². The maximum absolute atomic E-state index is 12.6. The third kappa shape index (κ3) is 4.51. The van der Waals surface area contributed by atoms with E-state index in [0.717, 1.165) is 28.0 Å². The van der Waals surface area contributed by atoms with E-state index in [9.17, 15) is 24.8 Å². The van der Waals surface area contributed by atoms with E-state index in [-0.39, 0.29) is 22.7 Å². The van der Waals surface area contributed by atoms with Gasteiger partial charge in [0.1, 0.15) is 5.75 Å². The smallest absolute Gasteiger partial charge is 0.345 e. The number of rotatable bonds is 4.